The number of amides is 2. The molecule has 100 valence electrons. The van der Waals surface area contributed by atoms with Gasteiger partial charge in [0.1, 0.15) is 6.42 Å². The van der Waals surface area contributed by atoms with Crippen molar-refractivity contribution in [3.63, 3.8) is 0 Å². The molecule has 0 rings (SSSR count). The molecule has 0 atom stereocenters. The molecule has 2 N–H and O–H groups in total. The number of hydrogen-bond acceptors (Lipinski definition) is 4. The summed E-state index contributed by atoms with van der Waals surface area (Å²) in [4.78, 5) is 24.6. The first-order valence-electron chi connectivity index (χ1n) is 5.73. The highest BCUT2D eigenvalue weighted by molar-refractivity contribution is 5.96. The van der Waals surface area contributed by atoms with Crippen LogP contribution in [0.3, 0.4) is 0 Å². The molecule has 0 aromatic heterocycles. The van der Waals surface area contributed by atoms with Gasteiger partial charge >= 0.3 is 0 Å². The molecule has 0 bridgehead atoms. The fourth-order valence-electron chi connectivity index (χ4n) is 1.19. The molecule has 0 fully saturated rings. The second-order valence-corrected chi connectivity index (χ2v) is 4.03. The van der Waals surface area contributed by atoms with Crippen LogP contribution in [0.15, 0.2) is 0 Å². The van der Waals surface area contributed by atoms with E-state index in [2.05, 4.69) is 10.6 Å². The van der Waals surface area contributed by atoms with Crippen molar-refractivity contribution in [1.82, 2.24) is 15.5 Å². The molecule has 0 aliphatic heterocycles. The maximum absolute atomic E-state index is 11.3. The lowest BCUT2D eigenvalue weighted by Crippen LogP contribution is -2.34. The lowest BCUT2D eigenvalue weighted by atomic mass is 10.3. The van der Waals surface area contributed by atoms with E-state index in [1.165, 1.54) is 0 Å². The molecule has 0 unspecified atom stereocenters. The number of hydrogen-bond donors (Lipinski definition) is 2. The van der Waals surface area contributed by atoms with Crippen molar-refractivity contribution in [2.75, 3.05) is 47.4 Å². The van der Waals surface area contributed by atoms with Crippen molar-refractivity contribution in [1.29, 1.82) is 0 Å². The molecule has 0 aliphatic carbocycles. The molecule has 0 heterocycles. The van der Waals surface area contributed by atoms with Crippen LogP contribution in [0.4, 0.5) is 0 Å². The van der Waals surface area contributed by atoms with E-state index in [0.717, 1.165) is 13.0 Å². The Morgan fingerprint density at radius 3 is 2.24 bits per heavy atom. The van der Waals surface area contributed by atoms with Crippen molar-refractivity contribution >= 4 is 11.8 Å². The summed E-state index contributed by atoms with van der Waals surface area (Å²) < 4.78 is 4.78. The van der Waals surface area contributed by atoms with Crippen molar-refractivity contribution in [2.45, 2.75) is 12.8 Å². The zero-order valence-corrected chi connectivity index (χ0v) is 10.9. The zero-order valence-electron chi connectivity index (χ0n) is 10.9. The van der Waals surface area contributed by atoms with Crippen molar-refractivity contribution in [3.8, 4) is 0 Å². The highest BCUT2D eigenvalue weighted by Crippen LogP contribution is 1.84. The van der Waals surface area contributed by atoms with E-state index in [1.807, 2.05) is 19.0 Å². The van der Waals surface area contributed by atoms with Gasteiger partial charge in [0.05, 0.1) is 6.61 Å². The lowest BCUT2D eigenvalue weighted by Gasteiger charge is -2.09. The van der Waals surface area contributed by atoms with Gasteiger partial charge < -0.3 is 20.3 Å². The van der Waals surface area contributed by atoms with Crippen LogP contribution in [0.5, 0.6) is 0 Å². The minimum atomic E-state index is -0.271. The molecular formula is C11H23N3O3. The van der Waals surface area contributed by atoms with Gasteiger partial charge in [-0.1, -0.05) is 0 Å². The number of ether oxygens (including phenoxy) is 1. The highest BCUT2D eigenvalue weighted by atomic mass is 16.5. The molecule has 6 nitrogen and oxygen atoms in total. The summed E-state index contributed by atoms with van der Waals surface area (Å²) in [6.45, 7) is 2.40. The molecular weight excluding hydrogens is 222 g/mol. The third-order valence-corrected chi connectivity index (χ3v) is 2.05. The van der Waals surface area contributed by atoms with Crippen LogP contribution in [0.1, 0.15) is 12.8 Å². The summed E-state index contributed by atoms with van der Waals surface area (Å²) in [6, 6.07) is 0. The summed E-state index contributed by atoms with van der Waals surface area (Å²) in [6.07, 6.45) is 0.760. The van der Waals surface area contributed by atoms with E-state index in [0.29, 0.717) is 19.7 Å². The number of carbonyl (C=O) groups is 2. The summed E-state index contributed by atoms with van der Waals surface area (Å²) in [5.74, 6) is -0.508. The number of nitrogens with one attached hydrogen (secondary N) is 2. The highest BCUT2D eigenvalue weighted by Gasteiger charge is 2.07. The van der Waals surface area contributed by atoms with E-state index < -0.39 is 0 Å². The minimum absolute atomic E-state index is 0.119. The second-order valence-electron chi connectivity index (χ2n) is 4.03. The van der Waals surface area contributed by atoms with Gasteiger partial charge in [-0.25, -0.2) is 0 Å². The van der Waals surface area contributed by atoms with Crippen LogP contribution in [0.2, 0.25) is 0 Å². The Morgan fingerprint density at radius 1 is 1.12 bits per heavy atom. The van der Waals surface area contributed by atoms with E-state index >= 15 is 0 Å². The average Bonchev–Trinajstić information content (AvgIpc) is 2.24. The molecule has 6 heteroatoms. The Labute approximate surface area is 103 Å². The Hall–Kier alpha value is -1.14. The monoisotopic (exact) mass is 245 g/mol. The summed E-state index contributed by atoms with van der Waals surface area (Å²) in [5.41, 5.74) is 0. The van der Waals surface area contributed by atoms with E-state index in [9.17, 15) is 9.59 Å². The molecule has 0 saturated heterocycles. The Balaban J connectivity index is 3.47. The van der Waals surface area contributed by atoms with Gasteiger partial charge in [-0.15, -0.1) is 0 Å². The quantitative estimate of drug-likeness (QED) is 0.412. The number of nitrogens with zero attached hydrogens (tertiary/aromatic N) is 1. The molecule has 17 heavy (non-hydrogen) atoms. The standard InChI is InChI=1S/C11H23N3O3/c1-14(2)7-4-5-12-10(15)9-11(16)13-6-8-17-3/h4-9H2,1-3H3,(H,12,15)(H,13,16). The SMILES string of the molecule is COCCNC(=O)CC(=O)NCCCN(C)C. The van der Waals surface area contributed by atoms with Gasteiger partial charge in [-0.05, 0) is 27.1 Å². The van der Waals surface area contributed by atoms with Crippen LogP contribution in [0.25, 0.3) is 0 Å². The number of methoxy groups -OCH3 is 1. The molecule has 0 aromatic rings. The van der Waals surface area contributed by atoms with Crippen molar-refractivity contribution in [2.24, 2.45) is 0 Å². The smallest absolute Gasteiger partial charge is 0.229 e. The van der Waals surface area contributed by atoms with Crippen LogP contribution in [-0.4, -0.2) is 64.2 Å². The zero-order chi connectivity index (χ0) is 13.1. The van der Waals surface area contributed by atoms with Gasteiger partial charge in [0.15, 0.2) is 0 Å². The Morgan fingerprint density at radius 2 is 1.71 bits per heavy atom. The first kappa shape index (κ1) is 15.9. The third kappa shape index (κ3) is 11.1. The van der Waals surface area contributed by atoms with Gasteiger partial charge in [-0.3, -0.25) is 9.59 Å². The van der Waals surface area contributed by atoms with Crippen LogP contribution < -0.4 is 10.6 Å². The van der Waals surface area contributed by atoms with Crippen molar-refractivity contribution in [3.05, 3.63) is 0 Å². The predicted octanol–water partition coefficient (Wildman–Crippen LogP) is -0.793. The van der Waals surface area contributed by atoms with E-state index in [-0.39, 0.29) is 18.2 Å². The van der Waals surface area contributed by atoms with Gasteiger partial charge in [0.25, 0.3) is 0 Å². The summed E-state index contributed by atoms with van der Waals surface area (Å²) in [7, 11) is 5.51. The normalized spacial score (nSPS) is 10.4. The Bertz CT molecular complexity index is 232. The van der Waals surface area contributed by atoms with Crippen LogP contribution in [-0.2, 0) is 14.3 Å². The van der Waals surface area contributed by atoms with Gasteiger partial charge in [0.2, 0.25) is 11.8 Å². The second kappa shape index (κ2) is 10.0. The van der Waals surface area contributed by atoms with Crippen molar-refractivity contribution < 1.29 is 14.3 Å². The van der Waals surface area contributed by atoms with E-state index in [4.69, 9.17) is 4.74 Å². The lowest BCUT2D eigenvalue weighted by molar-refractivity contribution is -0.129. The predicted molar refractivity (Wildman–Crippen MR) is 65.7 cm³/mol. The number of rotatable bonds is 9. The molecule has 0 aromatic carbocycles. The third-order valence-electron chi connectivity index (χ3n) is 2.05. The minimum Gasteiger partial charge on any atom is -0.383 e. The summed E-state index contributed by atoms with van der Waals surface area (Å²) >= 11 is 0. The fourth-order valence-corrected chi connectivity index (χ4v) is 1.19. The molecule has 0 saturated carbocycles. The molecule has 0 aliphatic rings. The van der Waals surface area contributed by atoms with Gasteiger partial charge in [0, 0.05) is 20.2 Å². The first-order valence-corrected chi connectivity index (χ1v) is 5.73. The average molecular weight is 245 g/mol. The van der Waals surface area contributed by atoms with Gasteiger partial charge in [-0.2, -0.15) is 0 Å². The van der Waals surface area contributed by atoms with Crippen LogP contribution in [0, 0.1) is 0 Å². The molecule has 0 spiro atoms. The maximum atomic E-state index is 11.3. The topological polar surface area (TPSA) is 70.7 Å². The summed E-state index contributed by atoms with van der Waals surface area (Å²) in [5, 5.41) is 5.29. The molecule has 0 radical (unpaired) electrons. The molecule has 2 amide bonds. The van der Waals surface area contributed by atoms with Crippen LogP contribution >= 0.6 is 0 Å². The number of carbonyl (C=O) groups excluding carboxylic acids is 2. The largest absolute Gasteiger partial charge is 0.383 e. The Kier molecular flexibility index (Phi) is 9.37. The first-order chi connectivity index (χ1) is 8.06. The fraction of sp³-hybridized carbons (Fsp3) is 0.818. The van der Waals surface area contributed by atoms with E-state index in [1.54, 1.807) is 7.11 Å². The maximum Gasteiger partial charge on any atom is 0.229 e.